The van der Waals surface area contributed by atoms with Crippen molar-refractivity contribution in [2.45, 2.75) is 65.5 Å². The van der Waals surface area contributed by atoms with E-state index in [9.17, 15) is 9.90 Å². The normalized spacial score (nSPS) is 18.7. The van der Waals surface area contributed by atoms with Gasteiger partial charge in [0.25, 0.3) is 0 Å². The molecule has 2 aromatic heterocycles. The maximum atomic E-state index is 12.4. The number of hydrogen-bond donors (Lipinski definition) is 1. The van der Waals surface area contributed by atoms with Gasteiger partial charge in [0.1, 0.15) is 0 Å². The largest absolute Gasteiger partial charge is 0.478 e. The van der Waals surface area contributed by atoms with Crippen LogP contribution in [0.1, 0.15) is 83.6 Å². The Kier molecular flexibility index (Phi) is 5.83. The van der Waals surface area contributed by atoms with E-state index < -0.39 is 5.97 Å². The van der Waals surface area contributed by atoms with Gasteiger partial charge in [-0.15, -0.1) is 0 Å². The van der Waals surface area contributed by atoms with Gasteiger partial charge in [-0.2, -0.15) is 0 Å². The Balaban J connectivity index is 1.67. The molecule has 2 aliphatic rings. The minimum absolute atomic E-state index is 0.396. The van der Waals surface area contributed by atoms with Gasteiger partial charge in [0.15, 0.2) is 0 Å². The molecule has 0 radical (unpaired) electrons. The molecule has 1 fully saturated rings. The van der Waals surface area contributed by atoms with Gasteiger partial charge in [0.05, 0.1) is 16.8 Å². The fourth-order valence-corrected chi connectivity index (χ4v) is 5.89. The van der Waals surface area contributed by atoms with Crippen LogP contribution in [0.25, 0.3) is 22.6 Å². The highest BCUT2D eigenvalue weighted by Crippen LogP contribution is 2.36. The van der Waals surface area contributed by atoms with Crippen LogP contribution in [0.5, 0.6) is 0 Å². The second kappa shape index (κ2) is 8.79. The average Bonchev–Trinajstić information content (AvgIpc) is 3.10. The number of carboxylic acids is 1. The number of aryl methyl sites for hydroxylation is 1. The van der Waals surface area contributed by atoms with Crippen LogP contribution in [-0.2, 0) is 6.54 Å². The van der Waals surface area contributed by atoms with Gasteiger partial charge < -0.3 is 9.67 Å². The maximum Gasteiger partial charge on any atom is 0.336 e. The molecule has 0 atom stereocenters. The highest BCUT2D eigenvalue weighted by atomic mass is 16.4. The van der Waals surface area contributed by atoms with Gasteiger partial charge in [-0.05, 0) is 62.6 Å². The number of fused-ring (bicyclic) bond motifs is 2. The van der Waals surface area contributed by atoms with Gasteiger partial charge in [0, 0.05) is 41.5 Å². The number of rotatable bonds is 4. The first-order valence-electron chi connectivity index (χ1n) is 12.2. The Morgan fingerprint density at radius 1 is 1.15 bits per heavy atom. The summed E-state index contributed by atoms with van der Waals surface area (Å²) in [6.07, 6.45) is 8.75. The van der Waals surface area contributed by atoms with E-state index in [2.05, 4.69) is 42.4 Å². The zero-order chi connectivity index (χ0) is 23.1. The number of pyridine rings is 1. The van der Waals surface area contributed by atoms with Crippen molar-refractivity contribution in [1.82, 2.24) is 14.5 Å². The molecule has 3 aromatic rings. The Bertz CT molecular complexity index is 1250. The van der Waals surface area contributed by atoms with E-state index in [0.29, 0.717) is 18.2 Å². The molecule has 33 heavy (non-hydrogen) atoms. The number of para-hydroxylation sites is 1. The summed E-state index contributed by atoms with van der Waals surface area (Å²) in [4.78, 5) is 19.6. The minimum atomic E-state index is -0.877. The molecule has 0 amide bonds. The molecule has 1 aliphatic carbocycles. The summed E-state index contributed by atoms with van der Waals surface area (Å²) in [7, 11) is 0. The lowest BCUT2D eigenvalue weighted by atomic mass is 9.92. The van der Waals surface area contributed by atoms with E-state index >= 15 is 0 Å². The fourth-order valence-electron chi connectivity index (χ4n) is 5.89. The number of carbonyl (C=O) groups is 1. The van der Waals surface area contributed by atoms with E-state index in [0.717, 1.165) is 40.8 Å². The molecule has 1 saturated carbocycles. The fraction of sp³-hybridized carbons (Fsp3) is 0.429. The van der Waals surface area contributed by atoms with Crippen molar-refractivity contribution in [3.63, 3.8) is 0 Å². The smallest absolute Gasteiger partial charge is 0.336 e. The Morgan fingerprint density at radius 2 is 1.91 bits per heavy atom. The van der Waals surface area contributed by atoms with Gasteiger partial charge in [-0.1, -0.05) is 44.4 Å². The molecule has 0 bridgehead atoms. The molecule has 5 rings (SSSR count). The number of nitrogens with zero attached hydrogens (tertiary/aromatic N) is 3. The minimum Gasteiger partial charge on any atom is -0.478 e. The monoisotopic (exact) mass is 443 g/mol. The molecule has 3 heterocycles. The number of aromatic carboxylic acids is 1. The Hall–Kier alpha value is -2.92. The van der Waals surface area contributed by atoms with Crippen LogP contribution >= 0.6 is 0 Å². The van der Waals surface area contributed by atoms with E-state index in [1.807, 2.05) is 24.3 Å². The summed E-state index contributed by atoms with van der Waals surface area (Å²) < 4.78 is 2.53. The van der Waals surface area contributed by atoms with Crippen molar-refractivity contribution in [3.05, 3.63) is 64.1 Å². The quantitative estimate of drug-likeness (QED) is 0.519. The number of aromatic nitrogens is 2. The van der Waals surface area contributed by atoms with E-state index in [4.69, 9.17) is 4.98 Å². The third-order valence-corrected chi connectivity index (χ3v) is 7.53. The lowest BCUT2D eigenvalue weighted by Crippen LogP contribution is -2.31. The molecule has 172 valence electrons. The Labute approximate surface area is 195 Å². The van der Waals surface area contributed by atoms with Crippen LogP contribution in [0.2, 0.25) is 0 Å². The molecule has 0 saturated heterocycles. The average molecular weight is 444 g/mol. The van der Waals surface area contributed by atoms with E-state index in [-0.39, 0.29) is 0 Å². The second-order valence-corrected chi connectivity index (χ2v) is 9.60. The molecule has 0 spiro atoms. The molecule has 1 aromatic carbocycles. The van der Waals surface area contributed by atoms with Crippen molar-refractivity contribution >= 4 is 28.5 Å². The molecule has 5 heteroatoms. The summed E-state index contributed by atoms with van der Waals surface area (Å²) in [6, 6.07) is 10.5. The van der Waals surface area contributed by atoms with Crippen LogP contribution in [0.3, 0.4) is 0 Å². The molecule has 0 unspecified atom stereocenters. The van der Waals surface area contributed by atoms with Gasteiger partial charge >= 0.3 is 5.97 Å². The Morgan fingerprint density at radius 3 is 2.64 bits per heavy atom. The van der Waals surface area contributed by atoms with Crippen molar-refractivity contribution < 1.29 is 9.90 Å². The van der Waals surface area contributed by atoms with Crippen LogP contribution in [0.15, 0.2) is 30.3 Å². The second-order valence-electron chi connectivity index (χ2n) is 9.60. The highest BCUT2D eigenvalue weighted by Gasteiger charge is 2.28. The maximum absolute atomic E-state index is 12.4. The van der Waals surface area contributed by atoms with Gasteiger partial charge in [-0.3, -0.25) is 4.90 Å². The summed E-state index contributed by atoms with van der Waals surface area (Å²) in [5.41, 5.74) is 7.78. The van der Waals surface area contributed by atoms with Crippen molar-refractivity contribution in [3.8, 4) is 0 Å². The molecule has 1 N–H and O–H groups in total. The van der Waals surface area contributed by atoms with E-state index in [1.54, 1.807) is 0 Å². The summed E-state index contributed by atoms with van der Waals surface area (Å²) >= 11 is 0. The molecule has 5 nitrogen and oxygen atoms in total. The predicted octanol–water partition coefficient (Wildman–Crippen LogP) is 6.23. The third-order valence-electron chi connectivity index (χ3n) is 7.53. The van der Waals surface area contributed by atoms with Crippen molar-refractivity contribution in [2.24, 2.45) is 0 Å². The highest BCUT2D eigenvalue weighted by molar-refractivity contribution is 6.06. The third kappa shape index (κ3) is 3.89. The first-order valence-corrected chi connectivity index (χ1v) is 12.2. The zero-order valence-corrected chi connectivity index (χ0v) is 19.9. The van der Waals surface area contributed by atoms with E-state index in [1.165, 1.54) is 49.1 Å². The summed E-state index contributed by atoms with van der Waals surface area (Å²) in [6.45, 7) is 8.83. The number of likely N-dealkylation sites (N-methyl/N-ethyl adjacent to an activating group) is 1. The van der Waals surface area contributed by atoms with Crippen LogP contribution in [0.4, 0.5) is 0 Å². The van der Waals surface area contributed by atoms with Gasteiger partial charge in [0.2, 0.25) is 0 Å². The lowest BCUT2D eigenvalue weighted by Gasteiger charge is -2.30. The molecular weight excluding hydrogens is 410 g/mol. The lowest BCUT2D eigenvalue weighted by molar-refractivity contribution is 0.0696. The number of benzene rings is 1. The standard InChI is InChI=1S/C28H33N3O2/c1-4-30-16-21(15-20-14-18(2)31(19(20)3)22-10-6-5-7-11-22)27-24(17-30)26(28(32)33)23-12-8-9-13-25(23)29-27/h8-9,12-15,22H,4-7,10-11,16-17H2,1-3H3,(H,32,33)/b21-15+. The summed E-state index contributed by atoms with van der Waals surface area (Å²) in [5.74, 6) is -0.877. The predicted molar refractivity (Wildman–Crippen MR) is 134 cm³/mol. The zero-order valence-electron chi connectivity index (χ0n) is 19.9. The van der Waals surface area contributed by atoms with Gasteiger partial charge in [-0.25, -0.2) is 9.78 Å². The first-order chi connectivity index (χ1) is 16.0. The molecular formula is C28H33N3O2. The van der Waals surface area contributed by atoms with Crippen LogP contribution in [0, 0.1) is 13.8 Å². The van der Waals surface area contributed by atoms with Crippen LogP contribution in [-0.4, -0.2) is 38.6 Å². The first kappa shape index (κ1) is 21.9. The summed E-state index contributed by atoms with van der Waals surface area (Å²) in [5, 5.41) is 10.9. The molecule has 1 aliphatic heterocycles. The number of hydrogen-bond acceptors (Lipinski definition) is 3. The van der Waals surface area contributed by atoms with Crippen molar-refractivity contribution in [1.29, 1.82) is 0 Å². The van der Waals surface area contributed by atoms with Crippen LogP contribution < -0.4 is 0 Å². The number of carboxylic acid groups (broad SMARTS) is 1. The van der Waals surface area contributed by atoms with Crippen molar-refractivity contribution in [2.75, 3.05) is 13.1 Å². The SMILES string of the molecule is CCN1C/C(=C\c2cc(C)n(C3CCCCC3)c2C)c2nc3ccccc3c(C(=O)O)c2C1. The topological polar surface area (TPSA) is 58.4 Å².